The van der Waals surface area contributed by atoms with Crippen molar-refractivity contribution < 1.29 is 18.1 Å². The van der Waals surface area contributed by atoms with E-state index < -0.39 is 27.4 Å². The van der Waals surface area contributed by atoms with Crippen molar-refractivity contribution in [3.8, 4) is 0 Å². The van der Waals surface area contributed by atoms with E-state index in [-0.39, 0.29) is 16.3 Å². The molecule has 0 spiro atoms. The average Bonchev–Trinajstić information content (AvgIpc) is 2.81. The van der Waals surface area contributed by atoms with Gasteiger partial charge in [0.15, 0.2) is 0 Å². The van der Waals surface area contributed by atoms with Crippen molar-refractivity contribution in [3.05, 3.63) is 95.0 Å². The average molecular weight is 472 g/mol. The molecular formula is C22H21N3O5S2. The first kappa shape index (κ1) is 23.3. The van der Waals surface area contributed by atoms with Gasteiger partial charge in [-0.15, -0.1) is 11.8 Å². The zero-order chi connectivity index (χ0) is 23.0. The molecule has 0 saturated heterocycles. The molecule has 8 nitrogen and oxygen atoms in total. The first-order chi connectivity index (χ1) is 15.4. The Morgan fingerprint density at radius 2 is 1.62 bits per heavy atom. The van der Waals surface area contributed by atoms with Crippen molar-refractivity contribution in [3.63, 3.8) is 0 Å². The number of nitro groups is 1. The molecule has 0 bridgehead atoms. The van der Waals surface area contributed by atoms with Gasteiger partial charge in [-0.3, -0.25) is 19.2 Å². The predicted molar refractivity (Wildman–Crippen MR) is 124 cm³/mol. The first-order valence-electron chi connectivity index (χ1n) is 9.65. The van der Waals surface area contributed by atoms with Gasteiger partial charge in [0.05, 0.1) is 15.5 Å². The topological polar surface area (TPSA) is 110 Å². The zero-order valence-electron chi connectivity index (χ0n) is 17.0. The molecule has 0 unspecified atom stereocenters. The fourth-order valence-corrected chi connectivity index (χ4v) is 5.08. The van der Waals surface area contributed by atoms with Crippen molar-refractivity contribution in [2.75, 3.05) is 23.1 Å². The summed E-state index contributed by atoms with van der Waals surface area (Å²) in [7, 11) is -4.12. The lowest BCUT2D eigenvalue weighted by atomic mass is 10.3. The van der Waals surface area contributed by atoms with Crippen LogP contribution in [0.25, 0.3) is 0 Å². The molecule has 166 valence electrons. The highest BCUT2D eigenvalue weighted by Gasteiger charge is 2.28. The molecule has 3 aromatic carbocycles. The Balaban J connectivity index is 1.76. The van der Waals surface area contributed by atoms with Crippen LogP contribution in [-0.4, -0.2) is 38.1 Å². The Morgan fingerprint density at radius 3 is 2.28 bits per heavy atom. The van der Waals surface area contributed by atoms with E-state index in [1.807, 2.05) is 30.3 Å². The second-order valence-electron chi connectivity index (χ2n) is 6.61. The molecule has 0 saturated carbocycles. The number of hydrogen-bond donors (Lipinski definition) is 1. The number of anilines is 1. The molecule has 0 fully saturated rings. The lowest BCUT2D eigenvalue weighted by molar-refractivity contribution is -0.384. The zero-order valence-corrected chi connectivity index (χ0v) is 18.6. The summed E-state index contributed by atoms with van der Waals surface area (Å²) in [5, 5.41) is 13.9. The largest absolute Gasteiger partial charge is 0.354 e. The Morgan fingerprint density at radius 1 is 0.969 bits per heavy atom. The van der Waals surface area contributed by atoms with Crippen LogP contribution in [0.4, 0.5) is 11.4 Å². The molecule has 3 aromatic rings. The number of benzene rings is 3. The van der Waals surface area contributed by atoms with Gasteiger partial charge in [0.2, 0.25) is 5.91 Å². The highest BCUT2D eigenvalue weighted by atomic mass is 32.2. The molecule has 0 radical (unpaired) electrons. The molecule has 0 heterocycles. The summed E-state index contributed by atoms with van der Waals surface area (Å²) in [5.74, 6) is 0.0996. The molecule has 10 heteroatoms. The molecular weight excluding hydrogens is 450 g/mol. The number of carbonyl (C=O) groups is 1. The van der Waals surface area contributed by atoms with Crippen molar-refractivity contribution in [1.29, 1.82) is 0 Å². The van der Waals surface area contributed by atoms with Crippen LogP contribution in [0.2, 0.25) is 0 Å². The van der Waals surface area contributed by atoms with Crippen LogP contribution < -0.4 is 9.62 Å². The number of nitrogens with one attached hydrogen (secondary N) is 1. The maximum absolute atomic E-state index is 13.2. The minimum absolute atomic E-state index is 0.0149. The number of non-ortho nitro benzene ring substituents is 1. The number of hydrogen-bond acceptors (Lipinski definition) is 6. The van der Waals surface area contributed by atoms with E-state index >= 15 is 0 Å². The standard InChI is InChI=1S/C22H21N3O5S2/c26-22(23-14-15-31-20-10-3-1-4-11-20)17-24(18-8-7-9-19(16-18)25(27)28)32(29,30)21-12-5-2-6-13-21/h1-13,16H,14-15,17H2,(H,23,26). The third-order valence-corrected chi connectivity index (χ3v) is 7.18. The third kappa shape index (κ3) is 6.08. The smallest absolute Gasteiger partial charge is 0.271 e. The third-order valence-electron chi connectivity index (χ3n) is 4.38. The molecule has 0 aliphatic rings. The number of rotatable bonds is 10. The van der Waals surface area contributed by atoms with E-state index in [4.69, 9.17) is 0 Å². The minimum atomic E-state index is -4.12. The van der Waals surface area contributed by atoms with Gasteiger partial charge in [0, 0.05) is 29.3 Å². The van der Waals surface area contributed by atoms with E-state index in [0.717, 1.165) is 15.3 Å². The van der Waals surface area contributed by atoms with E-state index in [9.17, 15) is 23.3 Å². The van der Waals surface area contributed by atoms with E-state index in [1.54, 1.807) is 30.0 Å². The van der Waals surface area contributed by atoms with Crippen molar-refractivity contribution in [2.24, 2.45) is 0 Å². The van der Waals surface area contributed by atoms with E-state index in [1.165, 1.54) is 30.3 Å². The number of nitro benzene ring substituents is 1. The van der Waals surface area contributed by atoms with Crippen LogP contribution in [0, 0.1) is 10.1 Å². The second-order valence-corrected chi connectivity index (χ2v) is 9.64. The normalized spacial score (nSPS) is 11.0. The summed E-state index contributed by atoms with van der Waals surface area (Å²) >= 11 is 1.56. The first-order valence-corrected chi connectivity index (χ1v) is 12.1. The summed E-state index contributed by atoms with van der Waals surface area (Å²) < 4.78 is 27.4. The number of carbonyl (C=O) groups excluding carboxylic acids is 1. The van der Waals surface area contributed by atoms with Gasteiger partial charge in [-0.05, 0) is 30.3 Å². The summed E-state index contributed by atoms with van der Waals surface area (Å²) in [6, 6.07) is 22.5. The summed E-state index contributed by atoms with van der Waals surface area (Å²) in [5.41, 5.74) is -0.229. The summed E-state index contributed by atoms with van der Waals surface area (Å²) in [6.45, 7) is -0.166. The van der Waals surface area contributed by atoms with Gasteiger partial charge in [-0.25, -0.2) is 8.42 Å². The molecule has 1 amide bonds. The number of thioether (sulfide) groups is 1. The Kier molecular flexibility index (Phi) is 7.85. The summed E-state index contributed by atoms with van der Waals surface area (Å²) in [4.78, 5) is 24.2. The molecule has 0 aliphatic carbocycles. The minimum Gasteiger partial charge on any atom is -0.354 e. The number of nitrogens with zero attached hydrogens (tertiary/aromatic N) is 2. The van der Waals surface area contributed by atoms with Crippen molar-refractivity contribution in [2.45, 2.75) is 9.79 Å². The SMILES string of the molecule is O=C(CN(c1cccc([N+](=O)[O-])c1)S(=O)(=O)c1ccccc1)NCCSc1ccccc1. The number of amides is 1. The molecule has 0 aromatic heterocycles. The van der Waals surface area contributed by atoms with Crippen molar-refractivity contribution >= 4 is 39.1 Å². The Labute approximate surface area is 190 Å². The molecule has 0 aliphatic heterocycles. The van der Waals surface area contributed by atoms with E-state index in [0.29, 0.717) is 12.3 Å². The Hall–Kier alpha value is -3.37. The van der Waals surface area contributed by atoms with Crippen LogP contribution in [-0.2, 0) is 14.8 Å². The molecule has 3 rings (SSSR count). The maximum atomic E-state index is 13.2. The van der Waals surface area contributed by atoms with Crippen LogP contribution in [0.5, 0.6) is 0 Å². The fourth-order valence-electron chi connectivity index (χ4n) is 2.86. The summed E-state index contributed by atoms with van der Waals surface area (Å²) in [6.07, 6.45) is 0. The lowest BCUT2D eigenvalue weighted by Crippen LogP contribution is -2.41. The van der Waals surface area contributed by atoms with Crippen LogP contribution in [0.1, 0.15) is 0 Å². The van der Waals surface area contributed by atoms with Crippen LogP contribution in [0.3, 0.4) is 0 Å². The van der Waals surface area contributed by atoms with Gasteiger partial charge in [-0.2, -0.15) is 0 Å². The van der Waals surface area contributed by atoms with Gasteiger partial charge in [-0.1, -0.05) is 42.5 Å². The maximum Gasteiger partial charge on any atom is 0.271 e. The molecule has 1 N–H and O–H groups in total. The highest BCUT2D eigenvalue weighted by Crippen LogP contribution is 2.26. The molecule has 0 atom stereocenters. The van der Waals surface area contributed by atoms with Crippen LogP contribution >= 0.6 is 11.8 Å². The monoisotopic (exact) mass is 471 g/mol. The van der Waals surface area contributed by atoms with Gasteiger partial charge in [0.1, 0.15) is 6.54 Å². The quantitative estimate of drug-likeness (QED) is 0.209. The van der Waals surface area contributed by atoms with Crippen LogP contribution in [0.15, 0.2) is 94.7 Å². The fraction of sp³-hybridized carbons (Fsp3) is 0.136. The highest BCUT2D eigenvalue weighted by molar-refractivity contribution is 7.99. The second kappa shape index (κ2) is 10.8. The van der Waals surface area contributed by atoms with E-state index in [2.05, 4.69) is 5.32 Å². The van der Waals surface area contributed by atoms with Crippen molar-refractivity contribution in [1.82, 2.24) is 5.32 Å². The Bertz CT molecular complexity index is 1170. The number of sulfonamides is 1. The lowest BCUT2D eigenvalue weighted by Gasteiger charge is -2.24. The predicted octanol–water partition coefficient (Wildman–Crippen LogP) is 3.70. The van der Waals surface area contributed by atoms with Gasteiger partial charge in [0.25, 0.3) is 15.7 Å². The van der Waals surface area contributed by atoms with Gasteiger partial charge >= 0.3 is 0 Å². The van der Waals surface area contributed by atoms with Gasteiger partial charge < -0.3 is 5.32 Å². The molecule has 32 heavy (non-hydrogen) atoms.